The third kappa shape index (κ3) is 5.26. The van der Waals surface area contributed by atoms with E-state index in [2.05, 4.69) is 10.3 Å². The molecular formula is C17H27N3O4. The van der Waals surface area contributed by atoms with Gasteiger partial charge in [0.05, 0.1) is 42.9 Å². The zero-order valence-electron chi connectivity index (χ0n) is 14.8. The minimum Gasteiger partial charge on any atom is -0.490 e. The Hall–Kier alpha value is -2.02. The smallest absolute Gasteiger partial charge is 0.407 e. The third-order valence-corrected chi connectivity index (χ3v) is 3.61. The van der Waals surface area contributed by atoms with Crippen molar-refractivity contribution in [1.29, 1.82) is 0 Å². The van der Waals surface area contributed by atoms with Gasteiger partial charge in [-0.1, -0.05) is 0 Å². The summed E-state index contributed by atoms with van der Waals surface area (Å²) in [6.45, 7) is 8.29. The lowest BCUT2D eigenvalue weighted by Crippen LogP contribution is -2.52. The number of hydrogen-bond donors (Lipinski definition) is 2. The van der Waals surface area contributed by atoms with Crippen molar-refractivity contribution in [2.75, 3.05) is 12.3 Å². The van der Waals surface area contributed by atoms with Crippen LogP contribution in [0, 0.1) is 0 Å². The van der Waals surface area contributed by atoms with Crippen LogP contribution in [0.15, 0.2) is 12.3 Å². The van der Waals surface area contributed by atoms with Crippen molar-refractivity contribution in [3.8, 4) is 5.75 Å². The number of aromatic nitrogens is 1. The normalized spacial score (nSPS) is 20.2. The van der Waals surface area contributed by atoms with Gasteiger partial charge in [0.15, 0.2) is 5.75 Å². The van der Waals surface area contributed by atoms with Gasteiger partial charge < -0.3 is 25.3 Å². The molecule has 1 amide bonds. The molecule has 1 aromatic heterocycles. The summed E-state index contributed by atoms with van der Waals surface area (Å²) in [6, 6.07) is 1.72. The maximum atomic E-state index is 11.8. The molecule has 0 unspecified atom stereocenters. The summed E-state index contributed by atoms with van der Waals surface area (Å²) in [7, 11) is 0. The molecule has 1 aliphatic carbocycles. The molecule has 0 aliphatic heterocycles. The quantitative estimate of drug-likeness (QED) is 0.828. The van der Waals surface area contributed by atoms with E-state index in [9.17, 15) is 4.79 Å². The van der Waals surface area contributed by atoms with E-state index in [0.29, 0.717) is 24.7 Å². The van der Waals surface area contributed by atoms with E-state index in [0.717, 1.165) is 18.5 Å². The molecule has 2 atom stereocenters. The summed E-state index contributed by atoms with van der Waals surface area (Å²) in [6.07, 6.45) is 2.93. The Balaban J connectivity index is 1.80. The summed E-state index contributed by atoms with van der Waals surface area (Å²) in [5, 5.41) is 2.85. The zero-order valence-corrected chi connectivity index (χ0v) is 14.8. The number of carbonyl (C=O) groups excluding carboxylic acids is 1. The van der Waals surface area contributed by atoms with Crippen molar-refractivity contribution in [2.45, 2.75) is 64.9 Å². The van der Waals surface area contributed by atoms with Gasteiger partial charge in [0.2, 0.25) is 0 Å². The van der Waals surface area contributed by atoms with Gasteiger partial charge in [-0.15, -0.1) is 0 Å². The van der Waals surface area contributed by atoms with Crippen LogP contribution in [0.25, 0.3) is 0 Å². The third-order valence-electron chi connectivity index (χ3n) is 3.61. The SMILES string of the molecule is CCOc1cnc(CO[C@@H]2CC[C@H]2NC(=O)OC(C)(C)C)cc1N. The van der Waals surface area contributed by atoms with Gasteiger partial charge in [0.1, 0.15) is 5.60 Å². The molecule has 0 aromatic carbocycles. The van der Waals surface area contributed by atoms with Crippen LogP contribution in [-0.2, 0) is 16.1 Å². The van der Waals surface area contributed by atoms with Crippen LogP contribution in [-0.4, -0.2) is 35.4 Å². The first-order valence-corrected chi connectivity index (χ1v) is 8.27. The van der Waals surface area contributed by atoms with E-state index < -0.39 is 11.7 Å². The molecule has 1 heterocycles. The highest BCUT2D eigenvalue weighted by molar-refractivity contribution is 5.68. The van der Waals surface area contributed by atoms with Gasteiger partial charge in [-0.05, 0) is 46.6 Å². The number of ether oxygens (including phenoxy) is 3. The van der Waals surface area contributed by atoms with Crippen LogP contribution in [0.5, 0.6) is 5.75 Å². The highest BCUT2D eigenvalue weighted by Crippen LogP contribution is 2.26. The van der Waals surface area contributed by atoms with E-state index in [1.54, 1.807) is 12.3 Å². The molecule has 0 bridgehead atoms. The number of rotatable bonds is 6. The number of alkyl carbamates (subject to hydrolysis) is 1. The van der Waals surface area contributed by atoms with Gasteiger partial charge in [-0.25, -0.2) is 4.79 Å². The number of nitrogens with two attached hydrogens (primary N) is 1. The van der Waals surface area contributed by atoms with Crippen molar-refractivity contribution in [3.05, 3.63) is 18.0 Å². The molecule has 134 valence electrons. The molecule has 3 N–H and O–H groups in total. The molecule has 1 fully saturated rings. The number of amides is 1. The number of anilines is 1. The molecule has 1 aliphatic rings. The van der Waals surface area contributed by atoms with Gasteiger partial charge in [-0.2, -0.15) is 0 Å². The minimum atomic E-state index is -0.506. The van der Waals surface area contributed by atoms with E-state index >= 15 is 0 Å². The summed E-state index contributed by atoms with van der Waals surface area (Å²) < 4.78 is 16.5. The van der Waals surface area contributed by atoms with Crippen molar-refractivity contribution >= 4 is 11.8 Å². The predicted molar refractivity (Wildman–Crippen MR) is 90.8 cm³/mol. The molecule has 7 heteroatoms. The van der Waals surface area contributed by atoms with Gasteiger partial charge in [0.25, 0.3) is 0 Å². The van der Waals surface area contributed by atoms with Crippen LogP contribution in [0.2, 0.25) is 0 Å². The second kappa shape index (κ2) is 7.70. The van der Waals surface area contributed by atoms with E-state index in [4.69, 9.17) is 19.9 Å². The second-order valence-corrected chi connectivity index (χ2v) is 6.83. The number of pyridine rings is 1. The lowest BCUT2D eigenvalue weighted by Gasteiger charge is -2.37. The van der Waals surface area contributed by atoms with Gasteiger partial charge in [0, 0.05) is 0 Å². The standard InChI is InChI=1S/C17H27N3O4/c1-5-22-15-9-19-11(8-12(15)18)10-23-14-7-6-13(14)20-16(21)24-17(2,3)4/h8-9,13-14H,5-7,10H2,1-4H3,(H2,18,19)(H,20,21)/t13-,14-/m1/s1. The maximum Gasteiger partial charge on any atom is 0.407 e. The Morgan fingerprint density at radius 1 is 1.42 bits per heavy atom. The summed E-state index contributed by atoms with van der Waals surface area (Å²) in [5.74, 6) is 0.578. The number of nitrogens with one attached hydrogen (secondary N) is 1. The lowest BCUT2D eigenvalue weighted by atomic mass is 9.89. The first-order chi connectivity index (χ1) is 11.3. The van der Waals surface area contributed by atoms with Crippen LogP contribution in [0.1, 0.15) is 46.2 Å². The molecular weight excluding hydrogens is 310 g/mol. The Labute approximate surface area is 142 Å². The second-order valence-electron chi connectivity index (χ2n) is 6.83. The van der Waals surface area contributed by atoms with Crippen LogP contribution < -0.4 is 15.8 Å². The molecule has 2 rings (SSSR count). The number of nitrogen functional groups attached to an aromatic ring is 1. The van der Waals surface area contributed by atoms with E-state index in [1.807, 2.05) is 27.7 Å². The summed E-state index contributed by atoms with van der Waals surface area (Å²) >= 11 is 0. The van der Waals surface area contributed by atoms with Crippen LogP contribution >= 0.6 is 0 Å². The summed E-state index contributed by atoms with van der Waals surface area (Å²) in [5.41, 5.74) is 6.69. The lowest BCUT2D eigenvalue weighted by molar-refractivity contribution is -0.0401. The minimum absolute atomic E-state index is 0.0279. The molecule has 0 spiro atoms. The Morgan fingerprint density at radius 2 is 2.17 bits per heavy atom. The van der Waals surface area contributed by atoms with Crippen molar-refractivity contribution in [3.63, 3.8) is 0 Å². The molecule has 24 heavy (non-hydrogen) atoms. The van der Waals surface area contributed by atoms with Crippen molar-refractivity contribution < 1.29 is 19.0 Å². The molecule has 1 aromatic rings. The van der Waals surface area contributed by atoms with Gasteiger partial charge >= 0.3 is 6.09 Å². The Kier molecular flexibility index (Phi) is 5.88. The number of hydrogen-bond acceptors (Lipinski definition) is 6. The molecule has 1 saturated carbocycles. The molecule has 0 radical (unpaired) electrons. The first-order valence-electron chi connectivity index (χ1n) is 8.27. The number of nitrogens with zero attached hydrogens (tertiary/aromatic N) is 1. The monoisotopic (exact) mass is 337 g/mol. The highest BCUT2D eigenvalue weighted by atomic mass is 16.6. The van der Waals surface area contributed by atoms with Crippen molar-refractivity contribution in [1.82, 2.24) is 10.3 Å². The Bertz CT molecular complexity index is 571. The number of carbonyl (C=O) groups is 1. The van der Waals surface area contributed by atoms with E-state index in [-0.39, 0.29) is 12.1 Å². The fourth-order valence-electron chi connectivity index (χ4n) is 2.34. The summed E-state index contributed by atoms with van der Waals surface area (Å²) in [4.78, 5) is 16.1. The predicted octanol–water partition coefficient (Wildman–Crippen LogP) is 2.63. The van der Waals surface area contributed by atoms with E-state index in [1.165, 1.54) is 0 Å². The maximum absolute atomic E-state index is 11.8. The van der Waals surface area contributed by atoms with Gasteiger partial charge in [-0.3, -0.25) is 4.98 Å². The fraction of sp³-hybridized carbons (Fsp3) is 0.647. The van der Waals surface area contributed by atoms with Crippen molar-refractivity contribution in [2.24, 2.45) is 0 Å². The average molecular weight is 337 g/mol. The average Bonchev–Trinajstić information content (AvgIpc) is 2.45. The molecule has 7 nitrogen and oxygen atoms in total. The highest BCUT2D eigenvalue weighted by Gasteiger charge is 2.34. The zero-order chi connectivity index (χ0) is 17.7. The Morgan fingerprint density at radius 3 is 2.71 bits per heavy atom. The topological polar surface area (TPSA) is 95.7 Å². The van der Waals surface area contributed by atoms with Crippen LogP contribution in [0.4, 0.5) is 10.5 Å². The largest absolute Gasteiger partial charge is 0.490 e. The van der Waals surface area contributed by atoms with Crippen LogP contribution in [0.3, 0.4) is 0 Å². The fourth-order valence-corrected chi connectivity index (χ4v) is 2.34. The molecule has 0 saturated heterocycles. The first kappa shape index (κ1) is 18.3.